The monoisotopic (exact) mass is 188 g/mol. The zero-order valence-corrected chi connectivity index (χ0v) is 8.23. The summed E-state index contributed by atoms with van der Waals surface area (Å²) in [6, 6.07) is 3.97. The van der Waals surface area contributed by atoms with Gasteiger partial charge in [0, 0.05) is 25.9 Å². The molecule has 4 heteroatoms. The predicted octanol–water partition coefficient (Wildman–Crippen LogP) is 1.52. The summed E-state index contributed by atoms with van der Waals surface area (Å²) in [5.74, 6) is 0. The molecule has 0 aliphatic heterocycles. The summed E-state index contributed by atoms with van der Waals surface area (Å²) in [4.78, 5) is 4.32. The van der Waals surface area contributed by atoms with E-state index >= 15 is 0 Å². The first-order valence-electron chi connectivity index (χ1n) is 4.42. The maximum Gasteiger partial charge on any atom is 0.0735 e. The van der Waals surface area contributed by atoms with Crippen molar-refractivity contribution in [1.82, 2.24) is 14.8 Å². The first-order valence-corrected chi connectivity index (χ1v) is 4.42. The van der Waals surface area contributed by atoms with E-state index in [-0.39, 0.29) is 0 Å². The van der Waals surface area contributed by atoms with E-state index in [4.69, 9.17) is 0 Å². The Morgan fingerprint density at radius 3 is 2.64 bits per heavy atom. The average molecular weight is 188 g/mol. The predicted molar refractivity (Wildman–Crippen MR) is 56.0 cm³/mol. The molecule has 0 unspecified atom stereocenters. The van der Waals surface area contributed by atoms with Crippen LogP contribution in [-0.4, -0.2) is 21.8 Å². The summed E-state index contributed by atoms with van der Waals surface area (Å²) < 4.78 is 1.77. The lowest BCUT2D eigenvalue weighted by molar-refractivity contribution is 0.768. The third-order valence-corrected chi connectivity index (χ3v) is 2.05. The molecular formula is C10H12N4. The van der Waals surface area contributed by atoms with E-state index < -0.39 is 0 Å². The van der Waals surface area contributed by atoms with Crippen molar-refractivity contribution < 1.29 is 0 Å². The lowest BCUT2D eigenvalue weighted by atomic mass is 10.2. The highest BCUT2D eigenvalue weighted by molar-refractivity contribution is 5.59. The minimum absolute atomic E-state index is 0.942. The molecule has 0 atom stereocenters. The van der Waals surface area contributed by atoms with Gasteiger partial charge in [-0.15, -0.1) is 0 Å². The topological polar surface area (TPSA) is 42.7 Å². The van der Waals surface area contributed by atoms with E-state index in [1.54, 1.807) is 10.9 Å². The van der Waals surface area contributed by atoms with Crippen LogP contribution in [0.25, 0.3) is 11.3 Å². The highest BCUT2D eigenvalue weighted by Crippen LogP contribution is 2.16. The van der Waals surface area contributed by atoms with Crippen LogP contribution in [0.15, 0.2) is 30.7 Å². The minimum atomic E-state index is 0.942. The van der Waals surface area contributed by atoms with Gasteiger partial charge in [0.05, 0.1) is 23.8 Å². The van der Waals surface area contributed by atoms with Crippen LogP contribution in [0.4, 0.5) is 5.69 Å². The summed E-state index contributed by atoms with van der Waals surface area (Å²) in [7, 11) is 3.77. The number of aromatic nitrogens is 3. The van der Waals surface area contributed by atoms with Gasteiger partial charge in [-0.1, -0.05) is 0 Å². The summed E-state index contributed by atoms with van der Waals surface area (Å²) in [5, 5.41) is 7.12. The zero-order valence-electron chi connectivity index (χ0n) is 8.23. The Bertz CT molecular complexity index is 416. The summed E-state index contributed by atoms with van der Waals surface area (Å²) >= 11 is 0. The van der Waals surface area contributed by atoms with Crippen LogP contribution in [0.2, 0.25) is 0 Å². The molecule has 0 amide bonds. The number of hydrogen-bond donors (Lipinski definition) is 1. The van der Waals surface area contributed by atoms with Crippen molar-refractivity contribution in [3.63, 3.8) is 0 Å². The maximum absolute atomic E-state index is 4.32. The molecular weight excluding hydrogens is 176 g/mol. The number of nitrogens with zero attached hydrogens (tertiary/aromatic N) is 3. The smallest absolute Gasteiger partial charge is 0.0735 e. The SMILES string of the molecule is CNc1ccc(-c2cnn(C)c2)nc1. The van der Waals surface area contributed by atoms with E-state index in [9.17, 15) is 0 Å². The Labute approximate surface area is 82.6 Å². The Balaban J connectivity index is 2.33. The van der Waals surface area contributed by atoms with Gasteiger partial charge in [-0.2, -0.15) is 5.10 Å². The van der Waals surface area contributed by atoms with Crippen LogP contribution >= 0.6 is 0 Å². The number of hydrogen-bond acceptors (Lipinski definition) is 3. The van der Waals surface area contributed by atoms with Crippen molar-refractivity contribution in [2.75, 3.05) is 12.4 Å². The summed E-state index contributed by atoms with van der Waals surface area (Å²) in [6.45, 7) is 0. The summed E-state index contributed by atoms with van der Waals surface area (Å²) in [6.07, 6.45) is 5.56. The first-order chi connectivity index (χ1) is 6.79. The fourth-order valence-corrected chi connectivity index (χ4v) is 1.27. The van der Waals surface area contributed by atoms with Gasteiger partial charge < -0.3 is 5.32 Å². The van der Waals surface area contributed by atoms with E-state index in [0.717, 1.165) is 16.9 Å². The largest absolute Gasteiger partial charge is 0.387 e. The van der Waals surface area contributed by atoms with Crippen molar-refractivity contribution in [3.05, 3.63) is 30.7 Å². The number of anilines is 1. The van der Waals surface area contributed by atoms with Crippen LogP contribution in [0.5, 0.6) is 0 Å². The molecule has 0 bridgehead atoms. The van der Waals surface area contributed by atoms with Gasteiger partial charge in [-0.05, 0) is 12.1 Å². The maximum atomic E-state index is 4.32. The second kappa shape index (κ2) is 3.49. The van der Waals surface area contributed by atoms with Crippen molar-refractivity contribution in [1.29, 1.82) is 0 Å². The highest BCUT2D eigenvalue weighted by Gasteiger charge is 2.00. The molecule has 0 saturated carbocycles. The van der Waals surface area contributed by atoms with Crippen molar-refractivity contribution in [3.8, 4) is 11.3 Å². The molecule has 2 aromatic heterocycles. The fourth-order valence-electron chi connectivity index (χ4n) is 1.27. The Morgan fingerprint density at radius 1 is 1.29 bits per heavy atom. The number of pyridine rings is 1. The average Bonchev–Trinajstić information content (AvgIpc) is 2.65. The Hall–Kier alpha value is -1.84. The second-order valence-electron chi connectivity index (χ2n) is 3.08. The van der Waals surface area contributed by atoms with Crippen molar-refractivity contribution in [2.24, 2.45) is 7.05 Å². The van der Waals surface area contributed by atoms with E-state index in [0.29, 0.717) is 0 Å². The lowest BCUT2D eigenvalue weighted by Gasteiger charge is -1.99. The van der Waals surface area contributed by atoms with E-state index in [1.807, 2.05) is 38.6 Å². The molecule has 0 spiro atoms. The van der Waals surface area contributed by atoms with Crippen LogP contribution in [0, 0.1) is 0 Å². The highest BCUT2D eigenvalue weighted by atomic mass is 15.2. The minimum Gasteiger partial charge on any atom is -0.387 e. The van der Waals surface area contributed by atoms with Gasteiger partial charge in [0.1, 0.15) is 0 Å². The molecule has 0 saturated heterocycles. The number of aryl methyl sites for hydroxylation is 1. The first kappa shape index (κ1) is 8.74. The van der Waals surface area contributed by atoms with Gasteiger partial charge in [0.25, 0.3) is 0 Å². The van der Waals surface area contributed by atoms with Crippen molar-refractivity contribution >= 4 is 5.69 Å². The standard InChI is InChI=1S/C10H12N4/c1-11-9-3-4-10(12-6-9)8-5-13-14(2)7-8/h3-7,11H,1-2H3. The molecule has 14 heavy (non-hydrogen) atoms. The number of rotatable bonds is 2. The fraction of sp³-hybridized carbons (Fsp3) is 0.200. The van der Waals surface area contributed by atoms with E-state index in [1.165, 1.54) is 0 Å². The normalized spacial score (nSPS) is 10.1. The molecule has 0 aromatic carbocycles. The van der Waals surface area contributed by atoms with Gasteiger partial charge >= 0.3 is 0 Å². The molecule has 0 aliphatic rings. The Kier molecular flexibility index (Phi) is 2.18. The molecule has 0 radical (unpaired) electrons. The third-order valence-electron chi connectivity index (χ3n) is 2.05. The van der Waals surface area contributed by atoms with Gasteiger partial charge in [0.2, 0.25) is 0 Å². The van der Waals surface area contributed by atoms with Crippen LogP contribution in [0.3, 0.4) is 0 Å². The molecule has 2 heterocycles. The van der Waals surface area contributed by atoms with Crippen molar-refractivity contribution in [2.45, 2.75) is 0 Å². The molecule has 72 valence electrons. The third kappa shape index (κ3) is 1.59. The molecule has 1 N–H and O–H groups in total. The molecule has 0 aliphatic carbocycles. The number of nitrogens with one attached hydrogen (secondary N) is 1. The van der Waals surface area contributed by atoms with Gasteiger partial charge in [-0.25, -0.2) is 0 Å². The van der Waals surface area contributed by atoms with Crippen LogP contribution in [0.1, 0.15) is 0 Å². The molecule has 0 fully saturated rings. The molecule has 4 nitrogen and oxygen atoms in total. The lowest BCUT2D eigenvalue weighted by Crippen LogP contribution is -1.89. The quantitative estimate of drug-likeness (QED) is 0.777. The van der Waals surface area contributed by atoms with Crippen LogP contribution < -0.4 is 5.32 Å². The zero-order chi connectivity index (χ0) is 9.97. The van der Waals surface area contributed by atoms with Gasteiger partial charge in [0.15, 0.2) is 0 Å². The second-order valence-corrected chi connectivity index (χ2v) is 3.08. The summed E-state index contributed by atoms with van der Waals surface area (Å²) in [5.41, 5.74) is 2.99. The molecule has 2 aromatic rings. The van der Waals surface area contributed by atoms with Gasteiger partial charge in [-0.3, -0.25) is 9.67 Å². The molecule has 2 rings (SSSR count). The van der Waals surface area contributed by atoms with Crippen LogP contribution in [-0.2, 0) is 7.05 Å². The Morgan fingerprint density at radius 2 is 2.14 bits per heavy atom. The van der Waals surface area contributed by atoms with E-state index in [2.05, 4.69) is 15.4 Å².